The van der Waals surface area contributed by atoms with Crippen LogP contribution in [-0.2, 0) is 0 Å². The summed E-state index contributed by atoms with van der Waals surface area (Å²) in [5.74, 6) is 1.42. The van der Waals surface area contributed by atoms with E-state index < -0.39 is 0 Å². The zero-order valence-electron chi connectivity index (χ0n) is 14.6. The molecule has 0 amide bonds. The molecule has 0 aliphatic heterocycles. The second-order valence-electron chi connectivity index (χ2n) is 6.77. The van der Waals surface area contributed by atoms with Gasteiger partial charge in [0.15, 0.2) is 5.82 Å². The molecule has 0 unspecified atom stereocenters. The van der Waals surface area contributed by atoms with Crippen LogP contribution in [0, 0.1) is 4.77 Å². The maximum atomic E-state index is 5.37. The van der Waals surface area contributed by atoms with E-state index in [1.165, 1.54) is 43.2 Å². The molecule has 1 aliphatic rings. The Balaban J connectivity index is 1.55. The monoisotopic (exact) mass is 362 g/mol. The van der Waals surface area contributed by atoms with Crippen LogP contribution in [0.5, 0.6) is 0 Å². The van der Waals surface area contributed by atoms with Gasteiger partial charge in [-0.15, -0.1) is 0 Å². The molecular formula is C21H22N4S. The van der Waals surface area contributed by atoms with Crippen molar-refractivity contribution >= 4 is 18.4 Å². The molecule has 1 fully saturated rings. The Hall–Kier alpha value is -2.53. The first kappa shape index (κ1) is 16.9. The largest absolute Gasteiger partial charge is 0.250 e. The summed E-state index contributed by atoms with van der Waals surface area (Å²) in [4.78, 5) is 0. The van der Waals surface area contributed by atoms with Crippen LogP contribution in [0.1, 0.15) is 49.4 Å². The van der Waals surface area contributed by atoms with Gasteiger partial charge in [-0.05, 0) is 41.7 Å². The van der Waals surface area contributed by atoms with E-state index in [4.69, 9.17) is 12.2 Å². The molecule has 2 aromatic carbocycles. The molecule has 0 bridgehead atoms. The summed E-state index contributed by atoms with van der Waals surface area (Å²) in [5.41, 5.74) is 3.46. The van der Waals surface area contributed by atoms with Gasteiger partial charge >= 0.3 is 0 Å². The lowest BCUT2D eigenvalue weighted by Crippen LogP contribution is -2.10. The Morgan fingerprint density at radius 1 is 0.962 bits per heavy atom. The van der Waals surface area contributed by atoms with Crippen molar-refractivity contribution in [3.05, 3.63) is 70.8 Å². The molecule has 1 aliphatic carbocycles. The average molecular weight is 363 g/mol. The first-order valence-electron chi connectivity index (χ1n) is 9.18. The number of aromatic nitrogens is 3. The molecule has 0 radical (unpaired) electrons. The van der Waals surface area contributed by atoms with E-state index >= 15 is 0 Å². The minimum Gasteiger partial charge on any atom is -0.250 e. The van der Waals surface area contributed by atoms with Gasteiger partial charge in [-0.1, -0.05) is 73.9 Å². The van der Waals surface area contributed by atoms with Crippen LogP contribution in [0.2, 0.25) is 0 Å². The molecular weight excluding hydrogens is 340 g/mol. The summed E-state index contributed by atoms with van der Waals surface area (Å²) in [6, 6.07) is 18.8. The van der Waals surface area contributed by atoms with Gasteiger partial charge in [-0.2, -0.15) is 14.9 Å². The molecule has 1 N–H and O–H groups in total. The molecule has 0 saturated heterocycles. The van der Waals surface area contributed by atoms with E-state index in [9.17, 15) is 0 Å². The molecule has 1 aromatic heterocycles. The Morgan fingerprint density at radius 2 is 1.65 bits per heavy atom. The van der Waals surface area contributed by atoms with E-state index in [2.05, 4.69) is 63.8 Å². The molecule has 0 spiro atoms. The van der Waals surface area contributed by atoms with Gasteiger partial charge in [0.2, 0.25) is 4.77 Å². The number of aromatic amines is 1. The van der Waals surface area contributed by atoms with Gasteiger partial charge < -0.3 is 0 Å². The third kappa shape index (κ3) is 3.68. The Labute approximate surface area is 158 Å². The topological polar surface area (TPSA) is 46.0 Å². The number of benzene rings is 2. The fourth-order valence-corrected chi connectivity index (χ4v) is 3.74. The summed E-state index contributed by atoms with van der Waals surface area (Å²) < 4.78 is 2.35. The second kappa shape index (κ2) is 7.79. The maximum Gasteiger partial charge on any atom is 0.216 e. The summed E-state index contributed by atoms with van der Waals surface area (Å²) in [7, 11) is 0. The van der Waals surface area contributed by atoms with Gasteiger partial charge in [0.25, 0.3) is 0 Å². The first-order chi connectivity index (χ1) is 12.8. The Bertz CT molecular complexity index is 932. The van der Waals surface area contributed by atoms with E-state index in [1.807, 2.05) is 12.3 Å². The summed E-state index contributed by atoms with van der Waals surface area (Å²) in [6.45, 7) is 0. The first-order valence-corrected chi connectivity index (χ1v) is 9.59. The minimum absolute atomic E-state index is 0.453. The normalized spacial score (nSPS) is 15.5. The van der Waals surface area contributed by atoms with Crippen LogP contribution < -0.4 is 0 Å². The van der Waals surface area contributed by atoms with Crippen molar-refractivity contribution in [2.24, 2.45) is 5.10 Å². The molecule has 0 atom stereocenters. The third-order valence-electron chi connectivity index (χ3n) is 4.99. The third-order valence-corrected chi connectivity index (χ3v) is 5.25. The van der Waals surface area contributed by atoms with Crippen LogP contribution in [-0.4, -0.2) is 21.1 Å². The molecule has 3 aromatic rings. The van der Waals surface area contributed by atoms with E-state index in [0.29, 0.717) is 10.7 Å². The van der Waals surface area contributed by atoms with Crippen molar-refractivity contribution in [1.29, 1.82) is 0 Å². The zero-order chi connectivity index (χ0) is 17.8. The van der Waals surface area contributed by atoms with Crippen molar-refractivity contribution in [3.8, 4) is 11.1 Å². The van der Waals surface area contributed by atoms with Crippen molar-refractivity contribution in [1.82, 2.24) is 14.9 Å². The highest BCUT2D eigenvalue weighted by atomic mass is 32.1. The van der Waals surface area contributed by atoms with Crippen LogP contribution >= 0.6 is 12.2 Å². The predicted octanol–water partition coefficient (Wildman–Crippen LogP) is 5.54. The smallest absolute Gasteiger partial charge is 0.216 e. The fourth-order valence-electron chi connectivity index (χ4n) is 3.56. The van der Waals surface area contributed by atoms with Crippen LogP contribution in [0.4, 0.5) is 0 Å². The molecule has 132 valence electrons. The molecule has 26 heavy (non-hydrogen) atoms. The number of hydrogen-bond acceptors (Lipinski definition) is 3. The highest BCUT2D eigenvalue weighted by Gasteiger charge is 2.21. The molecule has 1 saturated carbocycles. The van der Waals surface area contributed by atoms with E-state index in [1.54, 1.807) is 4.68 Å². The van der Waals surface area contributed by atoms with E-state index in [0.717, 1.165) is 11.4 Å². The number of hydrogen-bond donors (Lipinski definition) is 1. The standard InChI is InChI=1S/C21H22N4S/c26-21-24-23-20(19-9-5-2-6-10-19)25(21)22-15-16-11-13-18(14-12-16)17-7-3-1-4-8-17/h1,3-4,7-8,11-15,19H,2,5-6,9-10H2,(H,24,26). The minimum atomic E-state index is 0.453. The van der Waals surface area contributed by atoms with Crippen molar-refractivity contribution in [2.75, 3.05) is 0 Å². The molecule has 1 heterocycles. The van der Waals surface area contributed by atoms with Crippen molar-refractivity contribution < 1.29 is 0 Å². The van der Waals surface area contributed by atoms with Crippen molar-refractivity contribution in [2.45, 2.75) is 38.0 Å². The molecule has 5 heteroatoms. The number of H-pyrrole nitrogens is 1. The fraction of sp³-hybridized carbons (Fsp3) is 0.286. The number of nitrogens with one attached hydrogen (secondary N) is 1. The zero-order valence-corrected chi connectivity index (χ0v) is 15.5. The lowest BCUT2D eigenvalue weighted by atomic mass is 9.89. The highest BCUT2D eigenvalue weighted by molar-refractivity contribution is 7.71. The van der Waals surface area contributed by atoms with Crippen LogP contribution in [0.3, 0.4) is 0 Å². The number of rotatable bonds is 4. The van der Waals surface area contributed by atoms with Crippen LogP contribution in [0.15, 0.2) is 59.7 Å². The Kier molecular flexibility index (Phi) is 5.07. The summed E-state index contributed by atoms with van der Waals surface area (Å²) in [6.07, 6.45) is 8.02. The summed E-state index contributed by atoms with van der Waals surface area (Å²) >= 11 is 5.37. The van der Waals surface area contributed by atoms with Gasteiger partial charge in [0, 0.05) is 5.92 Å². The number of nitrogens with zero attached hydrogens (tertiary/aromatic N) is 3. The highest BCUT2D eigenvalue weighted by Crippen LogP contribution is 2.31. The lowest BCUT2D eigenvalue weighted by Gasteiger charge is -2.19. The summed E-state index contributed by atoms with van der Waals surface area (Å²) in [5, 5.41) is 11.9. The second-order valence-corrected chi connectivity index (χ2v) is 7.15. The predicted molar refractivity (Wildman–Crippen MR) is 108 cm³/mol. The van der Waals surface area contributed by atoms with Gasteiger partial charge in [0.1, 0.15) is 0 Å². The molecule has 4 rings (SSSR count). The van der Waals surface area contributed by atoms with Gasteiger partial charge in [-0.25, -0.2) is 0 Å². The molecule has 4 nitrogen and oxygen atoms in total. The maximum absolute atomic E-state index is 5.37. The van der Waals surface area contributed by atoms with E-state index in [-0.39, 0.29) is 0 Å². The Morgan fingerprint density at radius 3 is 2.38 bits per heavy atom. The van der Waals surface area contributed by atoms with Gasteiger partial charge in [0.05, 0.1) is 6.21 Å². The SMILES string of the molecule is S=c1[nH]nc(C2CCCCC2)n1N=Cc1ccc(-c2ccccc2)cc1. The average Bonchev–Trinajstić information content (AvgIpc) is 3.08. The lowest BCUT2D eigenvalue weighted by molar-refractivity contribution is 0.419. The van der Waals surface area contributed by atoms with Crippen LogP contribution in [0.25, 0.3) is 11.1 Å². The van der Waals surface area contributed by atoms with Crippen molar-refractivity contribution in [3.63, 3.8) is 0 Å². The van der Waals surface area contributed by atoms with Gasteiger partial charge in [-0.3, -0.25) is 5.10 Å². The quantitative estimate of drug-likeness (QED) is 0.489.